The van der Waals surface area contributed by atoms with E-state index in [2.05, 4.69) is 8.92 Å². The lowest BCUT2D eigenvalue weighted by Crippen LogP contribution is -2.47. The predicted molar refractivity (Wildman–Crippen MR) is 92.0 cm³/mol. The first-order chi connectivity index (χ1) is 13.4. The number of halogens is 5. The summed E-state index contributed by atoms with van der Waals surface area (Å²) in [5, 5.41) is -6.17. The molecule has 1 atom stereocenters. The normalized spacial score (nSPS) is 13.8. The molecule has 6 nitrogen and oxygen atoms in total. The molecule has 1 unspecified atom stereocenters. The van der Waals surface area contributed by atoms with E-state index < -0.39 is 40.0 Å². The summed E-state index contributed by atoms with van der Waals surface area (Å²) in [5.41, 5.74) is 0.745. The Balaban J connectivity index is 2.89. The summed E-state index contributed by atoms with van der Waals surface area (Å²) in [6, 6.07) is 6.65. The Morgan fingerprint density at radius 3 is 2.17 bits per heavy atom. The maximum atomic E-state index is 13.2. The van der Waals surface area contributed by atoms with Crippen molar-refractivity contribution in [2.24, 2.45) is 0 Å². The van der Waals surface area contributed by atoms with Crippen LogP contribution in [-0.2, 0) is 30.3 Å². The summed E-state index contributed by atoms with van der Waals surface area (Å²) in [6.45, 7) is 1.44. The lowest BCUT2D eigenvalue weighted by Gasteiger charge is -2.22. The van der Waals surface area contributed by atoms with Crippen molar-refractivity contribution in [1.82, 2.24) is 0 Å². The number of hydrogen-bond acceptors (Lipinski definition) is 6. The standard InChI is InChI=1S/C17H21F5O6S/c1-3-11-27-15(23)14(28-29(24,25)17(21,22)16(18,19)20)6-4-5-12-7-9-13(26-2)10-8-12/h7-10,14H,3-6,11H2,1-2H3. The number of aryl methyl sites for hydroxylation is 1. The first-order valence-electron chi connectivity index (χ1n) is 8.52. The van der Waals surface area contributed by atoms with Crippen molar-refractivity contribution in [2.75, 3.05) is 13.7 Å². The van der Waals surface area contributed by atoms with Crippen molar-refractivity contribution >= 4 is 16.1 Å². The van der Waals surface area contributed by atoms with E-state index in [1.807, 2.05) is 0 Å². The number of hydrogen-bond donors (Lipinski definition) is 0. The van der Waals surface area contributed by atoms with Gasteiger partial charge in [-0.05, 0) is 43.4 Å². The molecule has 0 aliphatic heterocycles. The van der Waals surface area contributed by atoms with Gasteiger partial charge in [-0.1, -0.05) is 19.1 Å². The van der Waals surface area contributed by atoms with Gasteiger partial charge in [-0.3, -0.25) is 0 Å². The van der Waals surface area contributed by atoms with Crippen LogP contribution in [0.15, 0.2) is 24.3 Å². The molecule has 0 fully saturated rings. The molecule has 12 heteroatoms. The Hall–Kier alpha value is -1.95. The van der Waals surface area contributed by atoms with Crippen molar-refractivity contribution in [3.8, 4) is 5.75 Å². The van der Waals surface area contributed by atoms with Crippen LogP contribution in [0, 0.1) is 0 Å². The van der Waals surface area contributed by atoms with Crippen LogP contribution >= 0.6 is 0 Å². The molecular weight excluding hydrogens is 427 g/mol. The Morgan fingerprint density at radius 2 is 1.69 bits per heavy atom. The summed E-state index contributed by atoms with van der Waals surface area (Å²) in [5.74, 6) is -0.748. The number of alkyl halides is 5. The van der Waals surface area contributed by atoms with Crippen LogP contribution in [-0.4, -0.2) is 45.6 Å². The number of benzene rings is 1. The van der Waals surface area contributed by atoms with Gasteiger partial charge in [0.25, 0.3) is 0 Å². The molecule has 0 heterocycles. The van der Waals surface area contributed by atoms with E-state index >= 15 is 0 Å². The van der Waals surface area contributed by atoms with Gasteiger partial charge >= 0.3 is 27.5 Å². The number of carbonyl (C=O) groups is 1. The highest BCUT2D eigenvalue weighted by molar-refractivity contribution is 7.87. The fourth-order valence-corrected chi connectivity index (χ4v) is 3.02. The van der Waals surface area contributed by atoms with Gasteiger partial charge in [0.15, 0.2) is 6.10 Å². The number of rotatable bonds is 11. The average Bonchev–Trinajstić information content (AvgIpc) is 2.64. The van der Waals surface area contributed by atoms with Crippen LogP contribution in [0.1, 0.15) is 31.7 Å². The number of methoxy groups -OCH3 is 1. The largest absolute Gasteiger partial charge is 0.497 e. The van der Waals surface area contributed by atoms with Crippen molar-refractivity contribution in [3.05, 3.63) is 29.8 Å². The monoisotopic (exact) mass is 448 g/mol. The third-order valence-electron chi connectivity index (χ3n) is 3.69. The van der Waals surface area contributed by atoms with Crippen LogP contribution in [0.25, 0.3) is 0 Å². The summed E-state index contributed by atoms with van der Waals surface area (Å²) in [6.07, 6.45) is -8.30. The van der Waals surface area contributed by atoms with Gasteiger partial charge in [0, 0.05) is 0 Å². The van der Waals surface area contributed by atoms with Crippen molar-refractivity contribution in [1.29, 1.82) is 0 Å². The van der Waals surface area contributed by atoms with E-state index in [-0.39, 0.29) is 19.4 Å². The number of carbonyl (C=O) groups excluding carboxylic acids is 1. The number of esters is 1. The second kappa shape index (κ2) is 10.2. The lowest BCUT2D eigenvalue weighted by atomic mass is 10.1. The second-order valence-electron chi connectivity index (χ2n) is 5.96. The van der Waals surface area contributed by atoms with E-state index in [1.54, 1.807) is 31.2 Å². The van der Waals surface area contributed by atoms with Crippen molar-refractivity contribution in [3.63, 3.8) is 0 Å². The van der Waals surface area contributed by atoms with Crippen LogP contribution in [0.5, 0.6) is 5.75 Å². The molecule has 1 aromatic carbocycles. The molecule has 0 saturated carbocycles. The molecule has 0 aliphatic rings. The molecule has 0 bridgehead atoms. The number of ether oxygens (including phenoxy) is 2. The van der Waals surface area contributed by atoms with Crippen molar-refractivity contribution < 1.29 is 48.8 Å². The summed E-state index contributed by atoms with van der Waals surface area (Å²) in [7, 11) is -5.00. The molecule has 166 valence electrons. The fourth-order valence-electron chi connectivity index (χ4n) is 2.14. The van der Waals surface area contributed by atoms with Gasteiger partial charge in [-0.25, -0.2) is 8.98 Å². The first-order valence-corrected chi connectivity index (χ1v) is 9.93. The molecule has 1 aromatic rings. The highest BCUT2D eigenvalue weighted by atomic mass is 32.2. The topological polar surface area (TPSA) is 78.9 Å². The zero-order chi connectivity index (χ0) is 22.3. The third kappa shape index (κ3) is 6.81. The molecule has 0 spiro atoms. The van der Waals surface area contributed by atoms with Crippen LogP contribution in [0.3, 0.4) is 0 Å². The Labute approximate surface area is 165 Å². The molecular formula is C17H21F5O6S. The average molecular weight is 448 g/mol. The molecule has 1 rings (SSSR count). The minimum atomic E-state index is -6.47. The maximum Gasteiger partial charge on any atom is 0.472 e. The predicted octanol–water partition coefficient (Wildman–Crippen LogP) is 3.84. The van der Waals surface area contributed by atoms with Gasteiger partial charge in [0.05, 0.1) is 13.7 Å². The van der Waals surface area contributed by atoms with Gasteiger partial charge in [-0.15, -0.1) is 0 Å². The highest BCUT2D eigenvalue weighted by Gasteiger charge is 2.69. The highest BCUT2D eigenvalue weighted by Crippen LogP contribution is 2.41. The van der Waals surface area contributed by atoms with Gasteiger partial charge < -0.3 is 9.47 Å². The fraction of sp³-hybridized carbons (Fsp3) is 0.588. The Kier molecular flexibility index (Phi) is 8.82. The van der Waals surface area contributed by atoms with Crippen LogP contribution in [0.2, 0.25) is 0 Å². The second-order valence-corrected chi connectivity index (χ2v) is 7.57. The maximum absolute atomic E-state index is 13.2. The molecule has 0 amide bonds. The summed E-state index contributed by atoms with van der Waals surface area (Å²) < 4.78 is 100. The first kappa shape index (κ1) is 25.1. The van der Waals surface area contributed by atoms with Gasteiger partial charge in [0.1, 0.15) is 5.75 Å². The molecule has 0 radical (unpaired) electrons. The molecule has 0 aromatic heterocycles. The zero-order valence-electron chi connectivity index (χ0n) is 15.7. The minimum Gasteiger partial charge on any atom is -0.497 e. The van der Waals surface area contributed by atoms with E-state index in [1.165, 1.54) is 7.11 Å². The Morgan fingerprint density at radius 1 is 1.10 bits per heavy atom. The van der Waals surface area contributed by atoms with E-state index in [0.717, 1.165) is 5.56 Å². The van der Waals surface area contributed by atoms with Crippen molar-refractivity contribution in [2.45, 2.75) is 50.1 Å². The quantitative estimate of drug-likeness (QED) is 0.291. The molecule has 29 heavy (non-hydrogen) atoms. The summed E-state index contributed by atoms with van der Waals surface area (Å²) >= 11 is 0. The lowest BCUT2D eigenvalue weighted by molar-refractivity contribution is -0.244. The van der Waals surface area contributed by atoms with Crippen LogP contribution in [0.4, 0.5) is 22.0 Å². The Bertz CT molecular complexity index is 762. The minimum absolute atomic E-state index is 0.0608. The molecule has 0 saturated heterocycles. The van der Waals surface area contributed by atoms with Gasteiger partial charge in [0.2, 0.25) is 0 Å². The zero-order valence-corrected chi connectivity index (χ0v) is 16.5. The van der Waals surface area contributed by atoms with E-state index in [4.69, 9.17) is 4.74 Å². The summed E-state index contributed by atoms with van der Waals surface area (Å²) in [4.78, 5) is 11.9. The van der Waals surface area contributed by atoms with E-state index in [0.29, 0.717) is 12.2 Å². The SMILES string of the molecule is CCCOC(=O)C(CCCc1ccc(OC)cc1)OS(=O)(=O)C(F)(F)C(F)(F)F. The molecule has 0 N–H and O–H groups in total. The third-order valence-corrected chi connectivity index (χ3v) is 5.03. The van der Waals surface area contributed by atoms with Crippen LogP contribution < -0.4 is 4.74 Å². The van der Waals surface area contributed by atoms with E-state index in [9.17, 15) is 35.2 Å². The smallest absolute Gasteiger partial charge is 0.472 e. The van der Waals surface area contributed by atoms with Gasteiger partial charge in [-0.2, -0.15) is 30.4 Å². The molecule has 0 aliphatic carbocycles.